The maximum atomic E-state index is 4.48. The highest BCUT2D eigenvalue weighted by atomic mass is 79.9. The minimum atomic E-state index is 0.365. The Bertz CT molecular complexity index is 567. The molecule has 4 heteroatoms. The molecule has 0 aliphatic heterocycles. The second kappa shape index (κ2) is 6.15. The average Bonchev–Trinajstić information content (AvgIpc) is 2.38. The van der Waals surface area contributed by atoms with Gasteiger partial charge in [-0.1, -0.05) is 41.9 Å². The van der Waals surface area contributed by atoms with Gasteiger partial charge in [0.25, 0.3) is 0 Å². The summed E-state index contributed by atoms with van der Waals surface area (Å²) in [5.74, 6) is 1.30. The zero-order valence-corrected chi connectivity index (χ0v) is 13.0. The number of hydrogen-bond acceptors (Lipinski definition) is 3. The molecule has 0 saturated heterocycles. The van der Waals surface area contributed by atoms with E-state index in [0.29, 0.717) is 5.92 Å². The molecule has 1 N–H and O–H groups in total. The summed E-state index contributed by atoms with van der Waals surface area (Å²) in [6.45, 7) is 7.27. The van der Waals surface area contributed by atoms with Crippen molar-refractivity contribution in [3.63, 3.8) is 0 Å². The molecule has 0 atom stereocenters. The van der Waals surface area contributed by atoms with Gasteiger partial charge in [0, 0.05) is 22.1 Å². The molecular weight excluding hydrogens is 302 g/mol. The van der Waals surface area contributed by atoms with Crippen molar-refractivity contribution in [2.75, 3.05) is 11.9 Å². The van der Waals surface area contributed by atoms with Gasteiger partial charge in [-0.2, -0.15) is 0 Å². The van der Waals surface area contributed by atoms with Gasteiger partial charge in [-0.05, 0) is 25.0 Å². The van der Waals surface area contributed by atoms with Crippen molar-refractivity contribution in [3.05, 3.63) is 40.6 Å². The SMILES string of the molecule is CCNc1ncnc(-c2cccc(Br)c2)c1C(C)C. The maximum absolute atomic E-state index is 4.48. The van der Waals surface area contributed by atoms with Crippen LogP contribution in [0, 0.1) is 0 Å². The smallest absolute Gasteiger partial charge is 0.133 e. The van der Waals surface area contributed by atoms with Crippen LogP contribution in [0.25, 0.3) is 11.3 Å². The van der Waals surface area contributed by atoms with E-state index in [1.807, 2.05) is 12.1 Å². The van der Waals surface area contributed by atoms with Crippen LogP contribution in [0.4, 0.5) is 5.82 Å². The van der Waals surface area contributed by atoms with Gasteiger partial charge in [-0.15, -0.1) is 0 Å². The summed E-state index contributed by atoms with van der Waals surface area (Å²) in [7, 11) is 0. The van der Waals surface area contributed by atoms with Gasteiger partial charge < -0.3 is 5.32 Å². The lowest BCUT2D eigenvalue weighted by atomic mass is 9.97. The van der Waals surface area contributed by atoms with Crippen LogP contribution in [0.2, 0.25) is 0 Å². The molecule has 100 valence electrons. The fourth-order valence-corrected chi connectivity index (χ4v) is 2.52. The van der Waals surface area contributed by atoms with Crippen LogP contribution in [0.15, 0.2) is 35.1 Å². The van der Waals surface area contributed by atoms with E-state index in [1.54, 1.807) is 6.33 Å². The van der Waals surface area contributed by atoms with Crippen LogP contribution in [0.3, 0.4) is 0 Å². The summed E-state index contributed by atoms with van der Waals surface area (Å²) < 4.78 is 1.06. The van der Waals surface area contributed by atoms with Crippen molar-refractivity contribution in [1.82, 2.24) is 9.97 Å². The van der Waals surface area contributed by atoms with Crippen molar-refractivity contribution in [2.45, 2.75) is 26.7 Å². The highest BCUT2D eigenvalue weighted by Crippen LogP contribution is 2.32. The molecule has 0 saturated carbocycles. The Labute approximate surface area is 122 Å². The zero-order chi connectivity index (χ0) is 13.8. The summed E-state index contributed by atoms with van der Waals surface area (Å²) in [4.78, 5) is 8.85. The predicted molar refractivity (Wildman–Crippen MR) is 83.4 cm³/mol. The zero-order valence-electron chi connectivity index (χ0n) is 11.4. The molecule has 3 nitrogen and oxygen atoms in total. The summed E-state index contributed by atoms with van der Waals surface area (Å²) in [5, 5.41) is 3.32. The standard InChI is InChI=1S/C15H18BrN3/c1-4-17-15-13(10(2)3)14(18-9-19-15)11-6-5-7-12(16)8-11/h5-10H,4H2,1-3H3,(H,17,18,19). The minimum absolute atomic E-state index is 0.365. The summed E-state index contributed by atoms with van der Waals surface area (Å²) >= 11 is 3.51. The van der Waals surface area contributed by atoms with Gasteiger partial charge in [0.15, 0.2) is 0 Å². The number of halogens is 1. The molecule has 0 unspecified atom stereocenters. The van der Waals surface area contributed by atoms with Gasteiger partial charge in [0.2, 0.25) is 0 Å². The van der Waals surface area contributed by atoms with Gasteiger partial charge in [-0.3, -0.25) is 0 Å². The second-order valence-corrected chi connectivity index (χ2v) is 5.60. The third kappa shape index (κ3) is 3.13. The predicted octanol–water partition coefficient (Wildman–Crippen LogP) is 4.46. The fraction of sp³-hybridized carbons (Fsp3) is 0.333. The van der Waals surface area contributed by atoms with E-state index < -0.39 is 0 Å². The molecule has 1 aromatic carbocycles. The van der Waals surface area contributed by atoms with Gasteiger partial charge in [-0.25, -0.2) is 9.97 Å². The highest BCUT2D eigenvalue weighted by molar-refractivity contribution is 9.10. The second-order valence-electron chi connectivity index (χ2n) is 4.68. The van der Waals surface area contributed by atoms with Crippen LogP contribution in [-0.4, -0.2) is 16.5 Å². The Morgan fingerprint density at radius 1 is 1.26 bits per heavy atom. The summed E-state index contributed by atoms with van der Waals surface area (Å²) in [6, 6.07) is 8.21. The van der Waals surface area contributed by atoms with Crippen LogP contribution < -0.4 is 5.32 Å². The highest BCUT2D eigenvalue weighted by Gasteiger charge is 2.15. The van der Waals surface area contributed by atoms with Crippen LogP contribution in [-0.2, 0) is 0 Å². The van der Waals surface area contributed by atoms with E-state index in [4.69, 9.17) is 0 Å². The molecule has 0 amide bonds. The Morgan fingerprint density at radius 3 is 2.68 bits per heavy atom. The van der Waals surface area contributed by atoms with Crippen molar-refractivity contribution in [1.29, 1.82) is 0 Å². The van der Waals surface area contributed by atoms with Crippen molar-refractivity contribution in [3.8, 4) is 11.3 Å². The topological polar surface area (TPSA) is 37.8 Å². The lowest BCUT2D eigenvalue weighted by Crippen LogP contribution is -2.07. The lowest BCUT2D eigenvalue weighted by molar-refractivity contribution is 0.849. The monoisotopic (exact) mass is 319 g/mol. The molecule has 0 aliphatic carbocycles. The molecule has 0 spiro atoms. The molecule has 0 fully saturated rings. The van der Waals surface area contributed by atoms with E-state index in [1.165, 1.54) is 5.56 Å². The molecule has 0 bridgehead atoms. The molecule has 1 aromatic heterocycles. The Balaban J connectivity index is 2.59. The summed E-state index contributed by atoms with van der Waals surface area (Å²) in [6.07, 6.45) is 1.63. The minimum Gasteiger partial charge on any atom is -0.370 e. The first-order valence-corrected chi connectivity index (χ1v) is 7.27. The Kier molecular flexibility index (Phi) is 4.53. The van der Waals surface area contributed by atoms with E-state index in [9.17, 15) is 0 Å². The maximum Gasteiger partial charge on any atom is 0.133 e. The average molecular weight is 320 g/mol. The number of nitrogens with zero attached hydrogens (tertiary/aromatic N) is 2. The molecule has 2 rings (SSSR count). The molecule has 0 radical (unpaired) electrons. The number of anilines is 1. The van der Waals surface area contributed by atoms with Gasteiger partial charge in [0.05, 0.1) is 5.69 Å². The third-order valence-corrected chi connectivity index (χ3v) is 3.40. The van der Waals surface area contributed by atoms with E-state index >= 15 is 0 Å². The number of benzene rings is 1. The van der Waals surface area contributed by atoms with E-state index in [-0.39, 0.29) is 0 Å². The van der Waals surface area contributed by atoms with E-state index in [0.717, 1.165) is 28.1 Å². The first kappa shape index (κ1) is 14.0. The third-order valence-electron chi connectivity index (χ3n) is 2.90. The van der Waals surface area contributed by atoms with Crippen LogP contribution in [0.5, 0.6) is 0 Å². The first-order chi connectivity index (χ1) is 9.13. The van der Waals surface area contributed by atoms with Crippen LogP contribution in [0.1, 0.15) is 32.3 Å². The van der Waals surface area contributed by atoms with E-state index in [2.05, 4.69) is 64.1 Å². The molecule has 0 aliphatic rings. The Morgan fingerprint density at radius 2 is 2.05 bits per heavy atom. The molecule has 2 aromatic rings. The van der Waals surface area contributed by atoms with Gasteiger partial charge >= 0.3 is 0 Å². The molecule has 1 heterocycles. The Hall–Kier alpha value is -1.42. The van der Waals surface area contributed by atoms with Crippen molar-refractivity contribution < 1.29 is 0 Å². The first-order valence-electron chi connectivity index (χ1n) is 6.48. The number of rotatable bonds is 4. The number of nitrogens with one attached hydrogen (secondary N) is 1. The normalized spacial score (nSPS) is 10.8. The molecular formula is C15H18BrN3. The fourth-order valence-electron chi connectivity index (χ4n) is 2.12. The van der Waals surface area contributed by atoms with Crippen molar-refractivity contribution >= 4 is 21.7 Å². The van der Waals surface area contributed by atoms with Crippen LogP contribution >= 0.6 is 15.9 Å². The quantitative estimate of drug-likeness (QED) is 0.904. The molecule has 19 heavy (non-hydrogen) atoms. The van der Waals surface area contributed by atoms with Gasteiger partial charge in [0.1, 0.15) is 12.1 Å². The number of aromatic nitrogens is 2. The lowest BCUT2D eigenvalue weighted by Gasteiger charge is -2.16. The number of hydrogen-bond donors (Lipinski definition) is 1. The summed E-state index contributed by atoms with van der Waals surface area (Å²) in [5.41, 5.74) is 3.28. The largest absolute Gasteiger partial charge is 0.370 e. The van der Waals surface area contributed by atoms with Crippen molar-refractivity contribution in [2.24, 2.45) is 0 Å².